The van der Waals surface area contributed by atoms with Gasteiger partial charge in [-0.2, -0.15) is 4.68 Å². The number of alkyl halides is 1. The number of para-hydroxylation sites is 3. The first kappa shape index (κ1) is 13.6. The van der Waals surface area contributed by atoms with Gasteiger partial charge in [0.1, 0.15) is 11.4 Å². The van der Waals surface area contributed by atoms with E-state index < -0.39 is 0 Å². The van der Waals surface area contributed by atoms with Crippen LogP contribution in [0.4, 0.5) is 0 Å². The first-order valence-corrected chi connectivity index (χ1v) is 6.94. The van der Waals surface area contributed by atoms with Crippen LogP contribution >= 0.6 is 11.6 Å². The molecule has 0 radical (unpaired) electrons. The van der Waals surface area contributed by atoms with Crippen molar-refractivity contribution in [2.45, 2.75) is 12.3 Å². The monoisotopic (exact) mass is 300 g/mol. The zero-order chi connectivity index (χ0) is 14.7. The lowest BCUT2D eigenvalue weighted by Crippen LogP contribution is -2.05. The number of halogens is 1. The molecule has 0 saturated heterocycles. The van der Waals surface area contributed by atoms with Gasteiger partial charge in [0.25, 0.3) is 0 Å². The summed E-state index contributed by atoms with van der Waals surface area (Å²) in [5.41, 5.74) is 0.744. The Morgan fingerprint density at radius 3 is 2.52 bits per heavy atom. The standard InChI is InChI=1S/C15H13ClN4O/c1-11(16)15-17-18-19-20(15)13-9-5-6-10-14(13)21-12-7-3-2-4-8-12/h2-11H,1H3. The summed E-state index contributed by atoms with van der Waals surface area (Å²) in [5, 5.41) is 11.3. The fraction of sp³-hybridized carbons (Fsp3) is 0.133. The second kappa shape index (κ2) is 5.93. The van der Waals surface area contributed by atoms with Gasteiger partial charge in [-0.1, -0.05) is 30.3 Å². The van der Waals surface area contributed by atoms with E-state index in [2.05, 4.69) is 15.5 Å². The lowest BCUT2D eigenvalue weighted by molar-refractivity contribution is 0.476. The van der Waals surface area contributed by atoms with E-state index >= 15 is 0 Å². The predicted molar refractivity (Wildman–Crippen MR) is 79.9 cm³/mol. The van der Waals surface area contributed by atoms with Crippen LogP contribution in [-0.4, -0.2) is 20.2 Å². The van der Waals surface area contributed by atoms with E-state index in [0.717, 1.165) is 11.4 Å². The van der Waals surface area contributed by atoms with Crippen molar-refractivity contribution in [3.8, 4) is 17.2 Å². The van der Waals surface area contributed by atoms with Crippen LogP contribution in [0, 0.1) is 0 Å². The van der Waals surface area contributed by atoms with Gasteiger partial charge in [0.2, 0.25) is 0 Å². The van der Waals surface area contributed by atoms with Crippen molar-refractivity contribution in [3.05, 3.63) is 60.4 Å². The molecule has 106 valence electrons. The summed E-state index contributed by atoms with van der Waals surface area (Å²) >= 11 is 6.11. The van der Waals surface area contributed by atoms with Crippen molar-refractivity contribution in [1.82, 2.24) is 20.2 Å². The van der Waals surface area contributed by atoms with Crippen molar-refractivity contribution < 1.29 is 4.74 Å². The van der Waals surface area contributed by atoms with E-state index in [4.69, 9.17) is 16.3 Å². The lowest BCUT2D eigenvalue weighted by Gasteiger charge is -2.12. The van der Waals surface area contributed by atoms with Crippen LogP contribution in [0.5, 0.6) is 11.5 Å². The maximum absolute atomic E-state index is 6.11. The number of tetrazole rings is 1. The van der Waals surface area contributed by atoms with Crippen molar-refractivity contribution in [2.24, 2.45) is 0 Å². The van der Waals surface area contributed by atoms with Gasteiger partial charge in [0.15, 0.2) is 11.6 Å². The number of rotatable bonds is 4. The van der Waals surface area contributed by atoms with Gasteiger partial charge in [0.05, 0.1) is 5.38 Å². The molecule has 0 fully saturated rings. The van der Waals surface area contributed by atoms with Crippen molar-refractivity contribution in [1.29, 1.82) is 0 Å². The zero-order valence-corrected chi connectivity index (χ0v) is 12.1. The normalized spacial score (nSPS) is 12.1. The second-order valence-electron chi connectivity index (χ2n) is 4.45. The molecule has 0 aliphatic heterocycles. The minimum absolute atomic E-state index is 0.301. The predicted octanol–water partition coefficient (Wildman–Crippen LogP) is 3.75. The number of ether oxygens (including phenoxy) is 1. The minimum atomic E-state index is -0.301. The molecule has 3 rings (SSSR count). The number of hydrogen-bond acceptors (Lipinski definition) is 4. The summed E-state index contributed by atoms with van der Waals surface area (Å²) in [7, 11) is 0. The average Bonchev–Trinajstić information content (AvgIpc) is 2.98. The Labute approximate surface area is 127 Å². The smallest absolute Gasteiger partial charge is 0.174 e. The van der Waals surface area contributed by atoms with Crippen LogP contribution in [-0.2, 0) is 0 Å². The highest BCUT2D eigenvalue weighted by Gasteiger charge is 2.16. The summed E-state index contributed by atoms with van der Waals surface area (Å²) < 4.78 is 7.50. The molecule has 6 heteroatoms. The lowest BCUT2D eigenvalue weighted by atomic mass is 10.2. The zero-order valence-electron chi connectivity index (χ0n) is 11.3. The molecule has 3 aromatic rings. The summed E-state index contributed by atoms with van der Waals surface area (Å²) in [6.07, 6.45) is 0. The molecule has 0 aliphatic rings. The third kappa shape index (κ3) is 2.87. The van der Waals surface area contributed by atoms with Crippen molar-refractivity contribution >= 4 is 11.6 Å². The molecule has 1 aromatic heterocycles. The van der Waals surface area contributed by atoms with Gasteiger partial charge in [-0.25, -0.2) is 0 Å². The molecular weight excluding hydrogens is 288 g/mol. The molecule has 5 nitrogen and oxygen atoms in total. The third-order valence-corrected chi connectivity index (χ3v) is 3.11. The highest BCUT2D eigenvalue weighted by atomic mass is 35.5. The van der Waals surface area contributed by atoms with Gasteiger partial charge in [-0.3, -0.25) is 0 Å². The van der Waals surface area contributed by atoms with E-state index in [0.29, 0.717) is 11.6 Å². The molecule has 0 spiro atoms. The quantitative estimate of drug-likeness (QED) is 0.689. The highest BCUT2D eigenvalue weighted by molar-refractivity contribution is 6.20. The van der Waals surface area contributed by atoms with Crippen LogP contribution in [0.25, 0.3) is 5.69 Å². The Morgan fingerprint density at radius 2 is 1.76 bits per heavy atom. The van der Waals surface area contributed by atoms with Crippen LogP contribution in [0.1, 0.15) is 18.1 Å². The van der Waals surface area contributed by atoms with Gasteiger partial charge in [0, 0.05) is 0 Å². The molecule has 2 aromatic carbocycles. The van der Waals surface area contributed by atoms with Gasteiger partial charge >= 0.3 is 0 Å². The van der Waals surface area contributed by atoms with E-state index in [-0.39, 0.29) is 5.38 Å². The number of nitrogens with zero attached hydrogens (tertiary/aromatic N) is 4. The fourth-order valence-electron chi connectivity index (χ4n) is 1.95. The molecule has 0 bridgehead atoms. The molecule has 0 amide bonds. The van der Waals surface area contributed by atoms with Crippen molar-refractivity contribution in [2.75, 3.05) is 0 Å². The van der Waals surface area contributed by atoms with Crippen LogP contribution in [0.3, 0.4) is 0 Å². The molecule has 1 atom stereocenters. The van der Waals surface area contributed by atoms with Gasteiger partial charge < -0.3 is 4.74 Å². The highest BCUT2D eigenvalue weighted by Crippen LogP contribution is 2.29. The molecule has 0 N–H and O–H groups in total. The van der Waals surface area contributed by atoms with Crippen LogP contribution in [0.2, 0.25) is 0 Å². The maximum Gasteiger partial charge on any atom is 0.174 e. The summed E-state index contributed by atoms with van der Waals surface area (Å²) in [4.78, 5) is 0. The Morgan fingerprint density at radius 1 is 1.05 bits per heavy atom. The summed E-state index contributed by atoms with van der Waals surface area (Å²) in [5.74, 6) is 1.98. The molecule has 21 heavy (non-hydrogen) atoms. The molecule has 0 aliphatic carbocycles. The number of aromatic nitrogens is 4. The topological polar surface area (TPSA) is 52.8 Å². The Balaban J connectivity index is 2.02. The Hall–Kier alpha value is -2.40. The second-order valence-corrected chi connectivity index (χ2v) is 5.10. The van der Waals surface area contributed by atoms with Crippen LogP contribution < -0.4 is 4.74 Å². The summed E-state index contributed by atoms with van der Waals surface area (Å²) in [6.45, 7) is 1.82. The molecular formula is C15H13ClN4O. The first-order valence-electron chi connectivity index (χ1n) is 6.50. The average molecular weight is 301 g/mol. The van der Waals surface area contributed by atoms with E-state index in [1.165, 1.54) is 0 Å². The van der Waals surface area contributed by atoms with E-state index in [1.807, 2.05) is 61.5 Å². The van der Waals surface area contributed by atoms with Crippen molar-refractivity contribution in [3.63, 3.8) is 0 Å². The van der Waals surface area contributed by atoms with E-state index in [9.17, 15) is 0 Å². The number of hydrogen-bond donors (Lipinski definition) is 0. The van der Waals surface area contributed by atoms with E-state index in [1.54, 1.807) is 4.68 Å². The minimum Gasteiger partial charge on any atom is -0.455 e. The SMILES string of the molecule is CC(Cl)c1nnnn1-c1ccccc1Oc1ccccc1. The first-order chi connectivity index (χ1) is 10.3. The summed E-state index contributed by atoms with van der Waals surface area (Å²) in [6, 6.07) is 17.1. The molecule has 1 unspecified atom stereocenters. The Bertz CT molecular complexity index is 727. The fourth-order valence-corrected chi connectivity index (χ4v) is 2.08. The molecule has 1 heterocycles. The number of benzene rings is 2. The van der Waals surface area contributed by atoms with Gasteiger partial charge in [-0.05, 0) is 41.6 Å². The molecule has 0 saturated carbocycles. The Kier molecular flexibility index (Phi) is 3.83. The van der Waals surface area contributed by atoms with Crippen LogP contribution in [0.15, 0.2) is 54.6 Å². The maximum atomic E-state index is 6.11. The third-order valence-electron chi connectivity index (χ3n) is 2.91. The largest absolute Gasteiger partial charge is 0.455 e. The van der Waals surface area contributed by atoms with Gasteiger partial charge in [-0.15, -0.1) is 16.7 Å².